The van der Waals surface area contributed by atoms with Crippen LogP contribution in [-0.2, 0) is 0 Å². The highest BCUT2D eigenvalue weighted by molar-refractivity contribution is 7.25. The number of thiophene rings is 1. The molecule has 0 fully saturated rings. The maximum absolute atomic E-state index is 4.37. The minimum Gasteiger partial charge on any atom is -0.310 e. The van der Waals surface area contributed by atoms with Crippen LogP contribution >= 0.6 is 11.3 Å². The van der Waals surface area contributed by atoms with Crippen LogP contribution in [0.4, 0.5) is 17.1 Å². The Hall–Kier alpha value is -5.25. The van der Waals surface area contributed by atoms with Gasteiger partial charge < -0.3 is 4.90 Å². The Morgan fingerprint density at radius 1 is 0.452 bits per heavy atom. The quantitative estimate of drug-likeness (QED) is 0.210. The number of rotatable bonds is 5. The molecule has 198 valence electrons. The third kappa shape index (κ3) is 4.32. The van der Waals surface area contributed by atoms with Crippen molar-refractivity contribution in [2.24, 2.45) is 0 Å². The summed E-state index contributed by atoms with van der Waals surface area (Å²) < 4.78 is 2.52. The van der Waals surface area contributed by atoms with Crippen LogP contribution in [0, 0.1) is 0 Å². The van der Waals surface area contributed by atoms with Gasteiger partial charge in [0.1, 0.15) is 0 Å². The molecule has 2 aromatic heterocycles. The maximum atomic E-state index is 4.37. The van der Waals surface area contributed by atoms with Crippen molar-refractivity contribution in [2.75, 3.05) is 4.90 Å². The Kier molecular flexibility index (Phi) is 6.02. The molecular formula is C39H26N2S. The summed E-state index contributed by atoms with van der Waals surface area (Å²) in [5, 5.41) is 4.98. The first kappa shape index (κ1) is 24.5. The van der Waals surface area contributed by atoms with E-state index in [0.29, 0.717) is 0 Å². The molecule has 0 spiro atoms. The van der Waals surface area contributed by atoms with E-state index in [9.17, 15) is 0 Å². The number of hydrogen-bond acceptors (Lipinski definition) is 3. The molecule has 2 nitrogen and oxygen atoms in total. The summed E-state index contributed by atoms with van der Waals surface area (Å²) in [6, 6.07) is 52.4. The van der Waals surface area contributed by atoms with Crippen molar-refractivity contribution in [1.29, 1.82) is 0 Å². The van der Waals surface area contributed by atoms with Crippen molar-refractivity contribution in [3.63, 3.8) is 0 Å². The predicted molar refractivity (Wildman–Crippen MR) is 180 cm³/mol. The topological polar surface area (TPSA) is 16.1 Å². The minimum atomic E-state index is 1.12. The van der Waals surface area contributed by atoms with Crippen LogP contribution in [0.25, 0.3) is 53.2 Å². The number of nitrogens with zero attached hydrogens (tertiary/aromatic N) is 2. The van der Waals surface area contributed by atoms with Crippen LogP contribution in [-0.4, -0.2) is 4.98 Å². The zero-order valence-electron chi connectivity index (χ0n) is 22.8. The summed E-state index contributed by atoms with van der Waals surface area (Å²) in [7, 11) is 0. The summed E-state index contributed by atoms with van der Waals surface area (Å²) in [5.74, 6) is 0. The summed E-state index contributed by atoms with van der Waals surface area (Å²) in [6.45, 7) is 0. The molecular weight excluding hydrogens is 529 g/mol. The number of anilines is 3. The summed E-state index contributed by atoms with van der Waals surface area (Å²) in [6.07, 6.45) is 3.84. The molecule has 42 heavy (non-hydrogen) atoms. The first-order chi connectivity index (χ1) is 20.8. The average Bonchev–Trinajstić information content (AvgIpc) is 3.44. The van der Waals surface area contributed by atoms with Crippen LogP contribution in [0.3, 0.4) is 0 Å². The van der Waals surface area contributed by atoms with Gasteiger partial charge in [0, 0.05) is 49.6 Å². The van der Waals surface area contributed by atoms with E-state index in [2.05, 4.69) is 155 Å². The molecule has 0 aliphatic rings. The van der Waals surface area contributed by atoms with Gasteiger partial charge in [-0.25, -0.2) is 0 Å². The van der Waals surface area contributed by atoms with Gasteiger partial charge in [-0.2, -0.15) is 0 Å². The lowest BCUT2D eigenvalue weighted by Gasteiger charge is -2.26. The Morgan fingerprint density at radius 3 is 1.93 bits per heavy atom. The van der Waals surface area contributed by atoms with Crippen molar-refractivity contribution in [1.82, 2.24) is 4.98 Å². The fourth-order valence-electron chi connectivity index (χ4n) is 5.90. The van der Waals surface area contributed by atoms with Gasteiger partial charge in [-0.05, 0) is 75.5 Å². The van der Waals surface area contributed by atoms with Gasteiger partial charge in [0.15, 0.2) is 0 Å². The second-order valence-electron chi connectivity index (χ2n) is 10.5. The smallest absolute Gasteiger partial charge is 0.0476 e. The lowest BCUT2D eigenvalue weighted by molar-refractivity contribution is 1.29. The minimum absolute atomic E-state index is 1.12. The van der Waals surface area contributed by atoms with E-state index in [4.69, 9.17) is 0 Å². The normalized spacial score (nSPS) is 11.3. The van der Waals surface area contributed by atoms with Gasteiger partial charge >= 0.3 is 0 Å². The number of aromatic nitrogens is 1. The van der Waals surface area contributed by atoms with E-state index in [1.807, 2.05) is 23.7 Å². The Labute approximate surface area is 248 Å². The molecule has 0 saturated heterocycles. The van der Waals surface area contributed by atoms with Crippen LogP contribution in [0.1, 0.15) is 0 Å². The molecule has 0 aliphatic heterocycles. The summed E-state index contributed by atoms with van der Waals surface area (Å²) >= 11 is 1.82. The van der Waals surface area contributed by atoms with Crippen molar-refractivity contribution in [3.05, 3.63) is 158 Å². The standard InChI is InChI=1S/C39H26N2S/c1-2-7-27(8-3-1)28-13-17-31(18-14-28)41(33-21-22-36-37-26-40-24-23-38(37)42-39(36)25-33)32-19-15-30(16-20-32)35-12-6-10-29-9-4-5-11-34(29)35/h1-26H. The molecule has 0 atom stereocenters. The summed E-state index contributed by atoms with van der Waals surface area (Å²) in [5.41, 5.74) is 8.25. The van der Waals surface area contributed by atoms with E-state index in [0.717, 1.165) is 17.1 Å². The lowest BCUT2D eigenvalue weighted by atomic mass is 9.98. The Balaban J connectivity index is 1.24. The Morgan fingerprint density at radius 2 is 1.12 bits per heavy atom. The SMILES string of the molecule is c1ccc(-c2ccc(N(c3ccc(-c4cccc5ccccc45)cc3)c3ccc4c(c3)sc3ccncc34)cc2)cc1. The van der Waals surface area contributed by atoms with Crippen molar-refractivity contribution >= 4 is 59.3 Å². The molecule has 8 aromatic rings. The molecule has 0 aliphatic carbocycles. The summed E-state index contributed by atoms with van der Waals surface area (Å²) in [4.78, 5) is 6.72. The van der Waals surface area contributed by atoms with E-state index >= 15 is 0 Å². The third-order valence-electron chi connectivity index (χ3n) is 7.97. The number of fused-ring (bicyclic) bond motifs is 4. The molecule has 0 amide bonds. The molecule has 0 radical (unpaired) electrons. The molecule has 8 rings (SSSR count). The molecule has 2 heterocycles. The highest BCUT2D eigenvalue weighted by Gasteiger charge is 2.16. The molecule has 0 unspecified atom stereocenters. The van der Waals surface area contributed by atoms with E-state index in [-0.39, 0.29) is 0 Å². The van der Waals surface area contributed by atoms with Gasteiger partial charge in [0.25, 0.3) is 0 Å². The lowest BCUT2D eigenvalue weighted by Crippen LogP contribution is -2.09. The molecule has 3 heteroatoms. The third-order valence-corrected chi connectivity index (χ3v) is 9.11. The second kappa shape index (κ2) is 10.3. The zero-order chi connectivity index (χ0) is 27.9. The van der Waals surface area contributed by atoms with Crippen molar-refractivity contribution in [2.45, 2.75) is 0 Å². The van der Waals surface area contributed by atoms with Crippen molar-refractivity contribution < 1.29 is 0 Å². The van der Waals surface area contributed by atoms with Gasteiger partial charge in [-0.15, -0.1) is 11.3 Å². The number of hydrogen-bond donors (Lipinski definition) is 0. The Bertz CT molecular complexity index is 2170. The van der Waals surface area contributed by atoms with E-state index in [1.165, 1.54) is 53.2 Å². The largest absolute Gasteiger partial charge is 0.310 e. The first-order valence-electron chi connectivity index (χ1n) is 14.1. The van der Waals surface area contributed by atoms with Gasteiger partial charge in [-0.3, -0.25) is 4.98 Å². The van der Waals surface area contributed by atoms with Gasteiger partial charge in [0.2, 0.25) is 0 Å². The van der Waals surface area contributed by atoms with Gasteiger partial charge in [0.05, 0.1) is 0 Å². The van der Waals surface area contributed by atoms with Crippen LogP contribution < -0.4 is 4.90 Å². The number of benzene rings is 6. The zero-order valence-corrected chi connectivity index (χ0v) is 23.6. The van der Waals surface area contributed by atoms with Crippen LogP contribution in [0.15, 0.2) is 158 Å². The van der Waals surface area contributed by atoms with Crippen LogP contribution in [0.5, 0.6) is 0 Å². The fourth-order valence-corrected chi connectivity index (χ4v) is 7.00. The molecule has 0 bridgehead atoms. The highest BCUT2D eigenvalue weighted by Crippen LogP contribution is 2.41. The number of pyridine rings is 1. The second-order valence-corrected chi connectivity index (χ2v) is 11.6. The van der Waals surface area contributed by atoms with E-state index < -0.39 is 0 Å². The highest BCUT2D eigenvalue weighted by atomic mass is 32.1. The molecule has 0 N–H and O–H groups in total. The predicted octanol–water partition coefficient (Wildman–Crippen LogP) is 11.4. The fraction of sp³-hybridized carbons (Fsp3) is 0. The average molecular weight is 555 g/mol. The monoisotopic (exact) mass is 554 g/mol. The van der Waals surface area contributed by atoms with Crippen LogP contribution in [0.2, 0.25) is 0 Å². The van der Waals surface area contributed by atoms with Gasteiger partial charge in [-0.1, -0.05) is 103 Å². The molecule has 0 saturated carbocycles. The molecule has 6 aromatic carbocycles. The first-order valence-corrected chi connectivity index (χ1v) is 14.9. The maximum Gasteiger partial charge on any atom is 0.0476 e. The van der Waals surface area contributed by atoms with Crippen molar-refractivity contribution in [3.8, 4) is 22.3 Å². The van der Waals surface area contributed by atoms with E-state index in [1.54, 1.807) is 0 Å².